The van der Waals surface area contributed by atoms with Crippen LogP contribution in [0.2, 0.25) is 0 Å². The number of aromatic amines is 1. The first kappa shape index (κ1) is 13.0. The van der Waals surface area contributed by atoms with Crippen LogP contribution in [-0.2, 0) is 4.74 Å². The van der Waals surface area contributed by atoms with E-state index in [1.165, 1.54) is 0 Å². The molecule has 1 saturated heterocycles. The van der Waals surface area contributed by atoms with E-state index in [1.807, 2.05) is 24.4 Å². The second-order valence-electron chi connectivity index (χ2n) is 5.36. The van der Waals surface area contributed by atoms with E-state index >= 15 is 0 Å². The fourth-order valence-electron chi connectivity index (χ4n) is 2.68. The SMILES string of the molecule is Nc1cc(N[C@@H]2CCOC2)c2ncc(-c3ccn[nH]3)cc2n1. The van der Waals surface area contributed by atoms with Crippen molar-refractivity contribution < 1.29 is 4.74 Å². The molecule has 22 heavy (non-hydrogen) atoms. The Labute approximate surface area is 126 Å². The third-order valence-electron chi connectivity index (χ3n) is 3.77. The van der Waals surface area contributed by atoms with Gasteiger partial charge >= 0.3 is 0 Å². The standard InChI is InChI=1S/C15H16N6O/c16-14-6-13(19-10-2-4-22-8-10)15-12(20-14)5-9(7-17-15)11-1-3-18-21-11/h1,3,5-7,10H,2,4,8H2,(H,18,21)(H3,16,19,20)/t10-/m1/s1. The average molecular weight is 296 g/mol. The number of H-pyrrole nitrogens is 1. The van der Waals surface area contributed by atoms with Gasteiger partial charge in [0.05, 0.1) is 29.5 Å². The van der Waals surface area contributed by atoms with Gasteiger partial charge in [-0.15, -0.1) is 0 Å². The maximum absolute atomic E-state index is 5.94. The van der Waals surface area contributed by atoms with Gasteiger partial charge in [-0.2, -0.15) is 5.10 Å². The van der Waals surface area contributed by atoms with Crippen LogP contribution in [-0.4, -0.2) is 39.4 Å². The summed E-state index contributed by atoms with van der Waals surface area (Å²) in [7, 11) is 0. The number of pyridine rings is 2. The number of nitrogens with two attached hydrogens (primary N) is 1. The van der Waals surface area contributed by atoms with E-state index in [9.17, 15) is 0 Å². The summed E-state index contributed by atoms with van der Waals surface area (Å²) in [5, 5.41) is 10.3. The molecule has 0 saturated carbocycles. The molecule has 1 atom stereocenters. The molecule has 0 radical (unpaired) electrons. The summed E-state index contributed by atoms with van der Waals surface area (Å²) in [6, 6.07) is 5.97. The van der Waals surface area contributed by atoms with Crippen LogP contribution in [0.1, 0.15) is 6.42 Å². The van der Waals surface area contributed by atoms with Crippen molar-refractivity contribution in [3.63, 3.8) is 0 Å². The lowest BCUT2D eigenvalue weighted by Gasteiger charge is -2.14. The Bertz CT molecular complexity index is 795. The molecule has 4 N–H and O–H groups in total. The van der Waals surface area contributed by atoms with Crippen molar-refractivity contribution in [1.82, 2.24) is 20.2 Å². The molecule has 0 aliphatic carbocycles. The zero-order chi connectivity index (χ0) is 14.9. The van der Waals surface area contributed by atoms with E-state index in [1.54, 1.807) is 6.20 Å². The molecule has 0 unspecified atom stereocenters. The summed E-state index contributed by atoms with van der Waals surface area (Å²) in [5.41, 5.74) is 10.2. The first-order valence-corrected chi connectivity index (χ1v) is 7.20. The quantitative estimate of drug-likeness (QED) is 0.681. The summed E-state index contributed by atoms with van der Waals surface area (Å²) in [6.45, 7) is 1.49. The number of rotatable bonds is 3. The normalized spacial score (nSPS) is 17.9. The van der Waals surface area contributed by atoms with Gasteiger partial charge in [0.25, 0.3) is 0 Å². The van der Waals surface area contributed by atoms with Crippen LogP contribution in [0, 0.1) is 0 Å². The lowest BCUT2D eigenvalue weighted by molar-refractivity contribution is 0.195. The molecule has 0 aromatic carbocycles. The highest BCUT2D eigenvalue weighted by atomic mass is 16.5. The first-order valence-electron chi connectivity index (χ1n) is 7.20. The van der Waals surface area contributed by atoms with Crippen LogP contribution in [0.5, 0.6) is 0 Å². The molecule has 112 valence electrons. The van der Waals surface area contributed by atoms with Crippen LogP contribution in [0.4, 0.5) is 11.5 Å². The van der Waals surface area contributed by atoms with Crippen LogP contribution < -0.4 is 11.1 Å². The minimum atomic E-state index is 0.291. The Balaban J connectivity index is 1.77. The number of anilines is 2. The van der Waals surface area contributed by atoms with E-state index in [0.29, 0.717) is 18.5 Å². The molecular weight excluding hydrogens is 280 g/mol. The van der Waals surface area contributed by atoms with Crippen molar-refractivity contribution in [1.29, 1.82) is 0 Å². The van der Waals surface area contributed by atoms with Gasteiger partial charge in [0.2, 0.25) is 0 Å². The number of nitrogens with one attached hydrogen (secondary N) is 2. The van der Waals surface area contributed by atoms with Crippen molar-refractivity contribution in [2.75, 3.05) is 24.3 Å². The Morgan fingerprint density at radius 2 is 2.32 bits per heavy atom. The van der Waals surface area contributed by atoms with Gasteiger partial charge in [-0.25, -0.2) is 4.98 Å². The second-order valence-corrected chi connectivity index (χ2v) is 5.36. The molecule has 0 amide bonds. The van der Waals surface area contributed by atoms with Crippen LogP contribution in [0.15, 0.2) is 30.6 Å². The van der Waals surface area contributed by atoms with E-state index in [4.69, 9.17) is 10.5 Å². The number of aromatic nitrogens is 4. The van der Waals surface area contributed by atoms with Crippen molar-refractivity contribution in [2.45, 2.75) is 12.5 Å². The highest BCUT2D eigenvalue weighted by molar-refractivity contribution is 5.91. The van der Waals surface area contributed by atoms with Crippen molar-refractivity contribution in [2.24, 2.45) is 0 Å². The molecule has 7 heteroatoms. The van der Waals surface area contributed by atoms with Crippen LogP contribution in [0.3, 0.4) is 0 Å². The third-order valence-corrected chi connectivity index (χ3v) is 3.77. The van der Waals surface area contributed by atoms with Gasteiger partial charge in [-0.3, -0.25) is 10.1 Å². The smallest absolute Gasteiger partial charge is 0.126 e. The number of ether oxygens (including phenoxy) is 1. The van der Waals surface area contributed by atoms with Gasteiger partial charge in [0.15, 0.2) is 0 Å². The summed E-state index contributed by atoms with van der Waals surface area (Å²) >= 11 is 0. The fourth-order valence-corrected chi connectivity index (χ4v) is 2.68. The number of hydrogen-bond acceptors (Lipinski definition) is 6. The van der Waals surface area contributed by atoms with Gasteiger partial charge in [0.1, 0.15) is 11.3 Å². The Morgan fingerprint density at radius 3 is 3.09 bits per heavy atom. The second kappa shape index (κ2) is 5.27. The lowest BCUT2D eigenvalue weighted by Crippen LogP contribution is -2.19. The fraction of sp³-hybridized carbons (Fsp3) is 0.267. The molecule has 3 aromatic rings. The summed E-state index contributed by atoms with van der Waals surface area (Å²) in [5.74, 6) is 0.470. The predicted molar refractivity (Wildman–Crippen MR) is 84.4 cm³/mol. The molecule has 1 fully saturated rings. The molecule has 1 aliphatic heterocycles. The van der Waals surface area contributed by atoms with E-state index < -0.39 is 0 Å². The maximum Gasteiger partial charge on any atom is 0.126 e. The summed E-state index contributed by atoms with van der Waals surface area (Å²) in [6.07, 6.45) is 4.50. The molecule has 0 spiro atoms. The Hall–Kier alpha value is -2.67. The molecule has 4 heterocycles. The molecule has 0 bridgehead atoms. The minimum absolute atomic E-state index is 0.291. The van der Waals surface area contributed by atoms with Crippen molar-refractivity contribution in [3.05, 3.63) is 30.6 Å². The Kier molecular flexibility index (Phi) is 3.12. The average Bonchev–Trinajstić information content (AvgIpc) is 3.20. The lowest BCUT2D eigenvalue weighted by atomic mass is 10.1. The molecule has 1 aliphatic rings. The largest absolute Gasteiger partial charge is 0.384 e. The zero-order valence-electron chi connectivity index (χ0n) is 11.9. The molecule has 7 nitrogen and oxygen atoms in total. The van der Waals surface area contributed by atoms with Crippen LogP contribution >= 0.6 is 0 Å². The topological polar surface area (TPSA) is 102 Å². The zero-order valence-corrected chi connectivity index (χ0v) is 11.9. The van der Waals surface area contributed by atoms with E-state index in [0.717, 1.165) is 41.0 Å². The number of nitrogen functional groups attached to an aromatic ring is 1. The first-order chi connectivity index (χ1) is 10.8. The van der Waals surface area contributed by atoms with Gasteiger partial charge < -0.3 is 15.8 Å². The predicted octanol–water partition coefficient (Wildman–Crippen LogP) is 1.80. The minimum Gasteiger partial charge on any atom is -0.384 e. The molecule has 4 rings (SSSR count). The number of hydrogen-bond donors (Lipinski definition) is 3. The van der Waals surface area contributed by atoms with Crippen molar-refractivity contribution >= 4 is 22.5 Å². The monoisotopic (exact) mass is 296 g/mol. The van der Waals surface area contributed by atoms with Crippen molar-refractivity contribution in [3.8, 4) is 11.3 Å². The van der Waals surface area contributed by atoms with E-state index in [2.05, 4.69) is 25.5 Å². The number of fused-ring (bicyclic) bond motifs is 1. The highest BCUT2D eigenvalue weighted by Gasteiger charge is 2.17. The molecule has 3 aromatic heterocycles. The van der Waals surface area contributed by atoms with Crippen LogP contribution in [0.25, 0.3) is 22.3 Å². The third kappa shape index (κ3) is 2.35. The van der Waals surface area contributed by atoms with Gasteiger partial charge in [0, 0.05) is 30.6 Å². The Morgan fingerprint density at radius 1 is 1.36 bits per heavy atom. The maximum atomic E-state index is 5.94. The molecular formula is C15H16N6O. The summed E-state index contributed by atoms with van der Waals surface area (Å²) in [4.78, 5) is 8.94. The highest BCUT2D eigenvalue weighted by Crippen LogP contribution is 2.27. The summed E-state index contributed by atoms with van der Waals surface area (Å²) < 4.78 is 5.40. The van der Waals surface area contributed by atoms with Gasteiger partial charge in [-0.1, -0.05) is 0 Å². The van der Waals surface area contributed by atoms with Gasteiger partial charge in [-0.05, 0) is 18.6 Å². The van der Waals surface area contributed by atoms with E-state index in [-0.39, 0.29) is 0 Å². The number of nitrogens with zero attached hydrogens (tertiary/aromatic N) is 3.